The van der Waals surface area contributed by atoms with Crippen LogP contribution in [-0.2, 0) is 17.9 Å². The van der Waals surface area contributed by atoms with Gasteiger partial charge in [-0.15, -0.1) is 0 Å². The third kappa shape index (κ3) is 3.97. The Morgan fingerprint density at radius 2 is 1.96 bits per heavy atom. The highest BCUT2D eigenvalue weighted by Crippen LogP contribution is 2.24. The number of amides is 1. The van der Waals surface area contributed by atoms with E-state index in [1.54, 1.807) is 6.07 Å². The first-order chi connectivity index (χ1) is 12.0. The number of para-hydroxylation sites is 2. The van der Waals surface area contributed by atoms with Gasteiger partial charge in [0.1, 0.15) is 5.82 Å². The van der Waals surface area contributed by atoms with Crippen molar-refractivity contribution in [1.29, 1.82) is 0 Å². The average Bonchev–Trinajstić information content (AvgIpc) is 2.92. The van der Waals surface area contributed by atoms with Crippen molar-refractivity contribution in [2.24, 2.45) is 5.92 Å². The van der Waals surface area contributed by atoms with Crippen LogP contribution in [-0.4, -0.2) is 15.5 Å². The molecule has 3 aromatic rings. The summed E-state index contributed by atoms with van der Waals surface area (Å²) in [6.07, 6.45) is 0. The van der Waals surface area contributed by atoms with Crippen LogP contribution in [0.15, 0.2) is 42.5 Å². The summed E-state index contributed by atoms with van der Waals surface area (Å²) in [6, 6.07) is 13.4. The molecule has 25 heavy (non-hydrogen) atoms. The number of carbonyl (C=O) groups is 1. The van der Waals surface area contributed by atoms with Gasteiger partial charge < -0.3 is 9.88 Å². The number of benzene rings is 2. The van der Waals surface area contributed by atoms with E-state index in [1.807, 2.05) is 50.2 Å². The van der Waals surface area contributed by atoms with E-state index in [4.69, 9.17) is 23.2 Å². The van der Waals surface area contributed by atoms with Crippen molar-refractivity contribution in [3.05, 3.63) is 63.9 Å². The van der Waals surface area contributed by atoms with Crippen molar-refractivity contribution in [3.63, 3.8) is 0 Å². The molecule has 0 saturated heterocycles. The number of fused-ring (bicyclic) bond motifs is 1. The number of hydrogen-bond acceptors (Lipinski definition) is 2. The first kappa shape index (κ1) is 17.8. The molecule has 0 fully saturated rings. The van der Waals surface area contributed by atoms with Gasteiger partial charge in [0.15, 0.2) is 0 Å². The predicted octanol–water partition coefficient (Wildman–Crippen LogP) is 4.66. The minimum Gasteiger partial charge on any atom is -0.349 e. The fourth-order valence-electron chi connectivity index (χ4n) is 2.63. The van der Waals surface area contributed by atoms with Crippen LogP contribution >= 0.6 is 23.2 Å². The summed E-state index contributed by atoms with van der Waals surface area (Å²) in [5.41, 5.74) is 2.84. The van der Waals surface area contributed by atoms with Crippen LogP contribution in [0.2, 0.25) is 10.0 Å². The van der Waals surface area contributed by atoms with E-state index in [1.165, 1.54) is 0 Å². The van der Waals surface area contributed by atoms with Gasteiger partial charge in [0.05, 0.1) is 24.1 Å². The van der Waals surface area contributed by atoms with Crippen LogP contribution in [0.4, 0.5) is 0 Å². The average molecular weight is 376 g/mol. The molecular formula is C19H19Cl2N3O. The molecule has 0 spiro atoms. The second kappa shape index (κ2) is 7.46. The Bertz CT molecular complexity index is 918. The predicted molar refractivity (Wildman–Crippen MR) is 102 cm³/mol. The maximum Gasteiger partial charge on any atom is 0.222 e. The highest BCUT2D eigenvalue weighted by atomic mass is 35.5. The molecule has 0 aliphatic heterocycles. The summed E-state index contributed by atoms with van der Waals surface area (Å²) in [7, 11) is 0. The summed E-state index contributed by atoms with van der Waals surface area (Å²) >= 11 is 12.3. The number of halogens is 2. The molecule has 0 aliphatic rings. The first-order valence-electron chi connectivity index (χ1n) is 8.11. The van der Waals surface area contributed by atoms with Crippen molar-refractivity contribution in [2.75, 3.05) is 0 Å². The number of nitrogens with one attached hydrogen (secondary N) is 1. The van der Waals surface area contributed by atoms with E-state index in [0.29, 0.717) is 23.1 Å². The maximum absolute atomic E-state index is 11.9. The van der Waals surface area contributed by atoms with E-state index < -0.39 is 0 Å². The molecule has 0 aliphatic carbocycles. The van der Waals surface area contributed by atoms with Gasteiger partial charge in [-0.3, -0.25) is 4.79 Å². The van der Waals surface area contributed by atoms with Gasteiger partial charge in [-0.05, 0) is 29.8 Å². The lowest BCUT2D eigenvalue weighted by molar-refractivity contribution is -0.124. The van der Waals surface area contributed by atoms with Crippen LogP contribution in [0.5, 0.6) is 0 Å². The zero-order valence-corrected chi connectivity index (χ0v) is 15.6. The molecule has 0 saturated carbocycles. The molecule has 1 aromatic heterocycles. The van der Waals surface area contributed by atoms with Gasteiger partial charge in [0.25, 0.3) is 0 Å². The van der Waals surface area contributed by atoms with Gasteiger partial charge >= 0.3 is 0 Å². The lowest BCUT2D eigenvalue weighted by Crippen LogP contribution is -2.28. The normalized spacial score (nSPS) is 11.2. The quantitative estimate of drug-likeness (QED) is 0.704. The molecule has 0 atom stereocenters. The molecule has 4 nitrogen and oxygen atoms in total. The van der Waals surface area contributed by atoms with E-state index in [0.717, 1.165) is 22.4 Å². The molecule has 0 bridgehead atoms. The largest absolute Gasteiger partial charge is 0.349 e. The van der Waals surface area contributed by atoms with E-state index >= 15 is 0 Å². The van der Waals surface area contributed by atoms with Crippen LogP contribution in [0, 0.1) is 5.92 Å². The highest BCUT2D eigenvalue weighted by Gasteiger charge is 2.14. The fourth-order valence-corrected chi connectivity index (χ4v) is 3.10. The standard InChI is InChI=1S/C19H19Cl2N3O/c1-12(2)19(25)22-10-18-23-16-5-3-4-6-17(16)24(18)11-13-7-8-14(20)9-15(13)21/h3-9,12H,10-11H2,1-2H3,(H,22,25). The van der Waals surface area contributed by atoms with Gasteiger partial charge in [-0.2, -0.15) is 0 Å². The molecule has 1 amide bonds. The first-order valence-corrected chi connectivity index (χ1v) is 8.87. The zero-order valence-electron chi connectivity index (χ0n) is 14.1. The third-order valence-corrected chi connectivity index (χ3v) is 4.61. The summed E-state index contributed by atoms with van der Waals surface area (Å²) in [5, 5.41) is 4.15. The minimum atomic E-state index is -0.0662. The topological polar surface area (TPSA) is 46.9 Å². The summed E-state index contributed by atoms with van der Waals surface area (Å²) < 4.78 is 2.07. The minimum absolute atomic E-state index is 0.00290. The molecule has 3 rings (SSSR count). The van der Waals surface area contributed by atoms with Gasteiger partial charge in [-0.1, -0.05) is 55.2 Å². The molecule has 0 radical (unpaired) electrons. The van der Waals surface area contributed by atoms with Gasteiger partial charge in [-0.25, -0.2) is 4.98 Å². The Kier molecular flexibility index (Phi) is 5.30. The second-order valence-electron chi connectivity index (χ2n) is 6.21. The molecule has 1 N–H and O–H groups in total. The van der Waals surface area contributed by atoms with Crippen molar-refractivity contribution >= 4 is 40.1 Å². The maximum atomic E-state index is 11.9. The van der Waals surface area contributed by atoms with Crippen LogP contribution in [0.1, 0.15) is 25.2 Å². The lowest BCUT2D eigenvalue weighted by Gasteiger charge is -2.12. The molecular weight excluding hydrogens is 357 g/mol. The molecule has 0 unspecified atom stereocenters. The Labute approximate surface area is 156 Å². The SMILES string of the molecule is CC(C)C(=O)NCc1nc2ccccc2n1Cc1ccc(Cl)cc1Cl. The zero-order chi connectivity index (χ0) is 18.0. The van der Waals surface area contributed by atoms with Crippen molar-refractivity contribution < 1.29 is 4.79 Å². The van der Waals surface area contributed by atoms with E-state index in [-0.39, 0.29) is 11.8 Å². The molecule has 2 aromatic carbocycles. The second-order valence-corrected chi connectivity index (χ2v) is 7.05. The smallest absolute Gasteiger partial charge is 0.222 e. The molecule has 6 heteroatoms. The van der Waals surface area contributed by atoms with Crippen LogP contribution < -0.4 is 5.32 Å². The third-order valence-electron chi connectivity index (χ3n) is 4.02. The fraction of sp³-hybridized carbons (Fsp3) is 0.263. The highest BCUT2D eigenvalue weighted by molar-refractivity contribution is 6.35. The van der Waals surface area contributed by atoms with E-state index in [9.17, 15) is 4.79 Å². The Hall–Kier alpha value is -2.04. The van der Waals surface area contributed by atoms with Crippen LogP contribution in [0.3, 0.4) is 0 Å². The summed E-state index contributed by atoms with van der Waals surface area (Å²) in [6.45, 7) is 4.66. The number of nitrogens with zero attached hydrogens (tertiary/aromatic N) is 2. The van der Waals surface area contributed by atoms with Crippen LogP contribution in [0.25, 0.3) is 11.0 Å². The van der Waals surface area contributed by atoms with Gasteiger partial charge in [0.2, 0.25) is 5.91 Å². The number of rotatable bonds is 5. The number of aromatic nitrogens is 2. The number of carbonyl (C=O) groups excluding carboxylic acids is 1. The Balaban J connectivity index is 1.96. The lowest BCUT2D eigenvalue weighted by atomic mass is 10.2. The molecule has 1 heterocycles. The summed E-state index contributed by atoms with van der Waals surface area (Å²) in [5.74, 6) is 0.730. The van der Waals surface area contributed by atoms with E-state index in [2.05, 4.69) is 14.9 Å². The number of hydrogen-bond donors (Lipinski definition) is 1. The molecule has 130 valence electrons. The van der Waals surface area contributed by atoms with Crippen molar-refractivity contribution in [2.45, 2.75) is 26.9 Å². The Morgan fingerprint density at radius 1 is 1.20 bits per heavy atom. The summed E-state index contributed by atoms with van der Waals surface area (Å²) in [4.78, 5) is 16.6. The Morgan fingerprint density at radius 3 is 2.68 bits per heavy atom. The monoisotopic (exact) mass is 375 g/mol. The van der Waals surface area contributed by atoms with Gasteiger partial charge in [0, 0.05) is 16.0 Å². The van der Waals surface area contributed by atoms with Crippen molar-refractivity contribution in [3.8, 4) is 0 Å². The number of imidazole rings is 1. The van der Waals surface area contributed by atoms with Crippen molar-refractivity contribution in [1.82, 2.24) is 14.9 Å².